The molecule has 5 heteroatoms. The summed E-state index contributed by atoms with van der Waals surface area (Å²) in [6.07, 6.45) is 4.59. The third kappa shape index (κ3) is 4.95. The van der Waals surface area contributed by atoms with Crippen molar-refractivity contribution >= 4 is 18.0 Å². The van der Waals surface area contributed by atoms with E-state index in [1.807, 2.05) is 6.92 Å². The molecular formula is C16H20O5. The number of methoxy groups -OCH3 is 2. The van der Waals surface area contributed by atoms with Crippen LogP contribution < -0.4 is 4.74 Å². The highest BCUT2D eigenvalue weighted by Gasteiger charge is 2.16. The number of unbranched alkanes of at least 4 members (excludes halogenated alkanes) is 1. The average molecular weight is 292 g/mol. The van der Waals surface area contributed by atoms with Gasteiger partial charge in [0.05, 0.1) is 20.8 Å². The number of carbonyl (C=O) groups is 2. The molecular weight excluding hydrogens is 272 g/mol. The summed E-state index contributed by atoms with van der Waals surface area (Å²) in [5.41, 5.74) is 0.814. The van der Waals surface area contributed by atoms with E-state index in [4.69, 9.17) is 14.2 Å². The second-order valence-electron chi connectivity index (χ2n) is 4.27. The number of hydrogen-bond donors (Lipinski definition) is 0. The van der Waals surface area contributed by atoms with E-state index >= 15 is 0 Å². The Morgan fingerprint density at radius 2 is 2.00 bits per heavy atom. The average Bonchev–Trinajstić information content (AvgIpc) is 2.51. The number of hydrogen-bond acceptors (Lipinski definition) is 5. The van der Waals surface area contributed by atoms with Gasteiger partial charge < -0.3 is 14.2 Å². The molecule has 0 aliphatic carbocycles. The molecule has 1 aromatic rings. The van der Waals surface area contributed by atoms with E-state index in [9.17, 15) is 9.59 Å². The van der Waals surface area contributed by atoms with E-state index in [-0.39, 0.29) is 5.56 Å². The molecule has 0 saturated carbocycles. The number of carbonyl (C=O) groups excluding carboxylic acids is 2. The molecule has 114 valence electrons. The summed E-state index contributed by atoms with van der Waals surface area (Å²) in [4.78, 5) is 23.4. The van der Waals surface area contributed by atoms with Crippen LogP contribution in [0.4, 0.5) is 0 Å². The fourth-order valence-corrected chi connectivity index (χ4v) is 1.70. The first-order valence-corrected chi connectivity index (χ1v) is 6.74. The molecule has 0 fully saturated rings. The highest BCUT2D eigenvalue weighted by molar-refractivity contribution is 5.98. The van der Waals surface area contributed by atoms with Crippen molar-refractivity contribution in [1.29, 1.82) is 0 Å². The molecule has 0 aromatic heterocycles. The number of benzene rings is 1. The predicted octanol–water partition coefficient (Wildman–Crippen LogP) is 2.84. The van der Waals surface area contributed by atoms with Gasteiger partial charge in [-0.1, -0.05) is 25.5 Å². The van der Waals surface area contributed by atoms with Gasteiger partial charge in [-0.3, -0.25) is 0 Å². The summed E-state index contributed by atoms with van der Waals surface area (Å²) < 4.78 is 14.9. The molecule has 0 aliphatic rings. The van der Waals surface area contributed by atoms with E-state index in [0.717, 1.165) is 12.8 Å². The van der Waals surface area contributed by atoms with Gasteiger partial charge >= 0.3 is 11.9 Å². The van der Waals surface area contributed by atoms with E-state index in [2.05, 4.69) is 0 Å². The summed E-state index contributed by atoms with van der Waals surface area (Å²) in [5.74, 6) is -0.572. The van der Waals surface area contributed by atoms with Gasteiger partial charge in [-0.15, -0.1) is 0 Å². The van der Waals surface area contributed by atoms with E-state index in [0.29, 0.717) is 17.9 Å². The monoisotopic (exact) mass is 292 g/mol. The summed E-state index contributed by atoms with van der Waals surface area (Å²) in [5, 5.41) is 0. The molecule has 0 N–H and O–H groups in total. The zero-order valence-electron chi connectivity index (χ0n) is 12.5. The van der Waals surface area contributed by atoms with Gasteiger partial charge in [0.25, 0.3) is 0 Å². The fourth-order valence-electron chi connectivity index (χ4n) is 1.70. The Labute approximate surface area is 124 Å². The fraction of sp³-hybridized carbons (Fsp3) is 0.375. The van der Waals surface area contributed by atoms with Crippen LogP contribution in [0.3, 0.4) is 0 Å². The third-order valence-corrected chi connectivity index (χ3v) is 2.81. The minimum atomic E-state index is -0.522. The smallest absolute Gasteiger partial charge is 0.342 e. The Morgan fingerprint density at radius 3 is 2.62 bits per heavy atom. The van der Waals surface area contributed by atoms with Gasteiger partial charge in [0.2, 0.25) is 0 Å². The van der Waals surface area contributed by atoms with Crippen LogP contribution in [0.25, 0.3) is 6.08 Å². The first kappa shape index (κ1) is 16.8. The summed E-state index contributed by atoms with van der Waals surface area (Å²) >= 11 is 0. The number of esters is 2. The van der Waals surface area contributed by atoms with Gasteiger partial charge in [0.1, 0.15) is 11.3 Å². The van der Waals surface area contributed by atoms with Crippen LogP contribution in [0.15, 0.2) is 24.3 Å². The molecule has 1 rings (SSSR count). The van der Waals surface area contributed by atoms with Crippen molar-refractivity contribution in [2.45, 2.75) is 19.8 Å². The standard InChI is InChI=1S/C16H20O5/c1-4-5-11-21-14(17)10-9-12-7-6-8-13(19-2)15(12)16(18)20-3/h6-10H,4-5,11H2,1-3H3/b10-9+. The molecule has 5 nitrogen and oxygen atoms in total. The van der Waals surface area contributed by atoms with Crippen LogP contribution in [-0.2, 0) is 14.3 Å². The molecule has 0 heterocycles. The molecule has 0 aliphatic heterocycles. The van der Waals surface area contributed by atoms with Crippen molar-refractivity contribution in [2.24, 2.45) is 0 Å². The van der Waals surface area contributed by atoms with E-state index < -0.39 is 11.9 Å². The molecule has 21 heavy (non-hydrogen) atoms. The van der Waals surface area contributed by atoms with Crippen LogP contribution in [0.1, 0.15) is 35.7 Å². The zero-order valence-corrected chi connectivity index (χ0v) is 12.5. The van der Waals surface area contributed by atoms with Crippen molar-refractivity contribution in [3.63, 3.8) is 0 Å². The molecule has 0 spiro atoms. The molecule has 0 radical (unpaired) electrons. The van der Waals surface area contributed by atoms with Gasteiger partial charge in [0, 0.05) is 6.08 Å². The molecule has 0 saturated heterocycles. The van der Waals surface area contributed by atoms with E-state index in [1.165, 1.54) is 26.4 Å². The Bertz CT molecular complexity index is 519. The van der Waals surface area contributed by atoms with Crippen molar-refractivity contribution in [3.05, 3.63) is 35.4 Å². The lowest BCUT2D eigenvalue weighted by atomic mass is 10.1. The van der Waals surface area contributed by atoms with Gasteiger partial charge in [-0.05, 0) is 24.1 Å². The summed E-state index contributed by atoms with van der Waals surface area (Å²) in [7, 11) is 2.76. The van der Waals surface area contributed by atoms with Crippen molar-refractivity contribution in [3.8, 4) is 5.75 Å². The van der Waals surface area contributed by atoms with Gasteiger partial charge in [-0.25, -0.2) is 9.59 Å². The van der Waals surface area contributed by atoms with Crippen molar-refractivity contribution < 1.29 is 23.8 Å². The van der Waals surface area contributed by atoms with Crippen molar-refractivity contribution in [2.75, 3.05) is 20.8 Å². The second-order valence-corrected chi connectivity index (χ2v) is 4.27. The van der Waals surface area contributed by atoms with Gasteiger partial charge in [0.15, 0.2) is 0 Å². The lowest BCUT2D eigenvalue weighted by Gasteiger charge is -2.09. The van der Waals surface area contributed by atoms with Crippen LogP contribution in [0, 0.1) is 0 Å². The Morgan fingerprint density at radius 1 is 1.24 bits per heavy atom. The Hall–Kier alpha value is -2.30. The Kier molecular flexibility index (Phi) is 7.01. The van der Waals surface area contributed by atoms with Crippen LogP contribution >= 0.6 is 0 Å². The molecule has 0 unspecified atom stereocenters. The first-order chi connectivity index (χ1) is 10.1. The maximum atomic E-state index is 11.8. The quantitative estimate of drug-likeness (QED) is 0.439. The highest BCUT2D eigenvalue weighted by atomic mass is 16.5. The third-order valence-electron chi connectivity index (χ3n) is 2.81. The van der Waals surface area contributed by atoms with E-state index in [1.54, 1.807) is 18.2 Å². The SMILES string of the molecule is CCCCOC(=O)/C=C/c1cccc(OC)c1C(=O)OC. The van der Waals surface area contributed by atoms with Crippen LogP contribution in [-0.4, -0.2) is 32.8 Å². The van der Waals surface area contributed by atoms with Crippen molar-refractivity contribution in [1.82, 2.24) is 0 Å². The topological polar surface area (TPSA) is 61.8 Å². The zero-order chi connectivity index (χ0) is 15.7. The highest BCUT2D eigenvalue weighted by Crippen LogP contribution is 2.24. The molecule has 1 aromatic carbocycles. The maximum absolute atomic E-state index is 11.8. The molecule has 0 atom stereocenters. The van der Waals surface area contributed by atoms with Gasteiger partial charge in [-0.2, -0.15) is 0 Å². The maximum Gasteiger partial charge on any atom is 0.342 e. The normalized spacial score (nSPS) is 10.4. The Balaban J connectivity index is 2.92. The second kappa shape index (κ2) is 8.79. The number of rotatable bonds is 7. The molecule has 0 bridgehead atoms. The summed E-state index contributed by atoms with van der Waals surface area (Å²) in [6.45, 7) is 2.41. The predicted molar refractivity (Wildman–Crippen MR) is 79.2 cm³/mol. The largest absolute Gasteiger partial charge is 0.496 e. The minimum absolute atomic E-state index is 0.278. The summed E-state index contributed by atoms with van der Waals surface area (Å²) in [6, 6.07) is 5.08. The van der Waals surface area contributed by atoms with Crippen LogP contribution in [0.2, 0.25) is 0 Å². The molecule has 0 amide bonds. The lowest BCUT2D eigenvalue weighted by molar-refractivity contribution is -0.137. The first-order valence-electron chi connectivity index (χ1n) is 6.74. The minimum Gasteiger partial charge on any atom is -0.496 e. The number of ether oxygens (including phenoxy) is 3. The van der Waals surface area contributed by atoms with Crippen LogP contribution in [0.5, 0.6) is 5.75 Å². The lowest BCUT2D eigenvalue weighted by Crippen LogP contribution is -2.07.